The number of nitrogens with one attached hydrogen (secondary N) is 1. The van der Waals surface area contributed by atoms with E-state index in [1.807, 2.05) is 30.3 Å². The molecule has 0 saturated heterocycles. The molecule has 25 heavy (non-hydrogen) atoms. The first-order valence-electron chi connectivity index (χ1n) is 9.03. The molecule has 1 saturated carbocycles. The summed E-state index contributed by atoms with van der Waals surface area (Å²) in [6.07, 6.45) is 4.13. The van der Waals surface area contributed by atoms with Crippen LogP contribution in [0, 0.1) is 5.92 Å². The van der Waals surface area contributed by atoms with Crippen LogP contribution in [0.2, 0.25) is 0 Å². The summed E-state index contributed by atoms with van der Waals surface area (Å²) < 4.78 is 5.88. The Kier molecular flexibility index (Phi) is 4.45. The molecule has 3 aromatic rings. The van der Waals surface area contributed by atoms with Crippen LogP contribution in [0.1, 0.15) is 31.4 Å². The van der Waals surface area contributed by atoms with Gasteiger partial charge in [-0.1, -0.05) is 30.3 Å². The SMILES string of the molecule is O=C(Cc1cc2c(ccc3ccccc32)o1)NC1CCC(CO)CC1. The molecule has 1 aliphatic carbocycles. The highest BCUT2D eigenvalue weighted by molar-refractivity contribution is 6.06. The average molecular weight is 337 g/mol. The number of carbonyl (C=O) groups excluding carboxylic acids is 1. The zero-order valence-corrected chi connectivity index (χ0v) is 14.2. The molecule has 1 amide bonds. The second-order valence-corrected chi connectivity index (χ2v) is 7.06. The van der Waals surface area contributed by atoms with E-state index in [-0.39, 0.29) is 25.0 Å². The lowest BCUT2D eigenvalue weighted by Crippen LogP contribution is -2.38. The molecule has 4 heteroatoms. The summed E-state index contributed by atoms with van der Waals surface area (Å²) in [5, 5.41) is 15.7. The number of furan rings is 1. The molecule has 0 aliphatic heterocycles. The first kappa shape index (κ1) is 16.2. The number of aliphatic hydroxyl groups is 1. The molecule has 1 aliphatic rings. The minimum atomic E-state index is 0.0100. The predicted molar refractivity (Wildman–Crippen MR) is 98.4 cm³/mol. The molecule has 0 atom stereocenters. The highest BCUT2D eigenvalue weighted by atomic mass is 16.3. The van der Waals surface area contributed by atoms with Crippen LogP contribution in [0.4, 0.5) is 0 Å². The first-order chi connectivity index (χ1) is 12.2. The van der Waals surface area contributed by atoms with Gasteiger partial charge in [0, 0.05) is 18.0 Å². The second kappa shape index (κ2) is 6.89. The van der Waals surface area contributed by atoms with Crippen molar-refractivity contribution in [3.63, 3.8) is 0 Å². The van der Waals surface area contributed by atoms with Gasteiger partial charge in [0.25, 0.3) is 0 Å². The van der Waals surface area contributed by atoms with Crippen molar-refractivity contribution in [2.45, 2.75) is 38.1 Å². The molecule has 4 rings (SSSR count). The minimum absolute atomic E-state index is 0.0100. The molecule has 0 radical (unpaired) electrons. The maximum Gasteiger partial charge on any atom is 0.227 e. The van der Waals surface area contributed by atoms with Crippen molar-refractivity contribution in [2.75, 3.05) is 6.61 Å². The van der Waals surface area contributed by atoms with Crippen LogP contribution in [-0.4, -0.2) is 23.7 Å². The van der Waals surface area contributed by atoms with E-state index >= 15 is 0 Å². The van der Waals surface area contributed by atoms with E-state index in [2.05, 4.69) is 17.4 Å². The molecule has 0 bridgehead atoms. The number of hydrogen-bond donors (Lipinski definition) is 2. The van der Waals surface area contributed by atoms with Gasteiger partial charge in [0.05, 0.1) is 6.42 Å². The topological polar surface area (TPSA) is 62.5 Å². The van der Waals surface area contributed by atoms with Crippen molar-refractivity contribution in [1.29, 1.82) is 0 Å². The van der Waals surface area contributed by atoms with Crippen molar-refractivity contribution < 1.29 is 14.3 Å². The van der Waals surface area contributed by atoms with Crippen LogP contribution in [0.15, 0.2) is 46.9 Å². The summed E-state index contributed by atoms with van der Waals surface area (Å²) in [5.41, 5.74) is 0.824. The number of fused-ring (bicyclic) bond motifs is 3. The van der Waals surface area contributed by atoms with Gasteiger partial charge in [0.15, 0.2) is 0 Å². The van der Waals surface area contributed by atoms with Crippen molar-refractivity contribution in [3.8, 4) is 0 Å². The smallest absolute Gasteiger partial charge is 0.227 e. The van der Waals surface area contributed by atoms with Gasteiger partial charge in [-0.3, -0.25) is 4.79 Å². The standard InChI is InChI=1S/C21H23NO3/c23-13-14-5-8-16(9-6-14)22-21(24)12-17-11-19-18-4-2-1-3-15(18)7-10-20(19)25-17/h1-4,7,10-11,14,16,23H,5-6,8-9,12-13H2,(H,22,24). The zero-order chi connectivity index (χ0) is 17.2. The maximum absolute atomic E-state index is 12.4. The summed E-state index contributed by atoms with van der Waals surface area (Å²) in [7, 11) is 0. The van der Waals surface area contributed by atoms with Gasteiger partial charge < -0.3 is 14.8 Å². The van der Waals surface area contributed by atoms with Gasteiger partial charge in [0.1, 0.15) is 11.3 Å². The van der Waals surface area contributed by atoms with E-state index in [4.69, 9.17) is 4.42 Å². The Labute approximate surface area is 146 Å². The number of aliphatic hydroxyl groups excluding tert-OH is 1. The normalized spacial score (nSPS) is 20.8. The van der Waals surface area contributed by atoms with E-state index in [1.165, 1.54) is 5.39 Å². The van der Waals surface area contributed by atoms with Crippen LogP contribution in [-0.2, 0) is 11.2 Å². The minimum Gasteiger partial charge on any atom is -0.461 e. The molecular weight excluding hydrogens is 314 g/mol. The van der Waals surface area contributed by atoms with E-state index in [9.17, 15) is 9.90 Å². The molecular formula is C21H23NO3. The first-order valence-corrected chi connectivity index (χ1v) is 9.03. The highest BCUT2D eigenvalue weighted by Crippen LogP contribution is 2.28. The summed E-state index contributed by atoms with van der Waals surface area (Å²) in [4.78, 5) is 12.4. The quantitative estimate of drug-likeness (QED) is 0.761. The fourth-order valence-corrected chi connectivity index (χ4v) is 3.86. The van der Waals surface area contributed by atoms with Gasteiger partial charge in [0.2, 0.25) is 5.91 Å². The monoisotopic (exact) mass is 337 g/mol. The molecule has 2 aromatic carbocycles. The molecule has 1 heterocycles. The number of carbonyl (C=O) groups is 1. The molecule has 130 valence electrons. The Bertz CT molecular complexity index is 890. The Morgan fingerprint density at radius 2 is 1.88 bits per heavy atom. The molecule has 2 N–H and O–H groups in total. The molecule has 0 spiro atoms. The molecule has 1 fully saturated rings. The van der Waals surface area contributed by atoms with E-state index in [1.54, 1.807) is 0 Å². The van der Waals surface area contributed by atoms with E-state index in [0.717, 1.165) is 42.0 Å². The summed E-state index contributed by atoms with van der Waals surface area (Å²) in [5.74, 6) is 1.11. The third-order valence-corrected chi connectivity index (χ3v) is 5.28. The maximum atomic E-state index is 12.4. The fraction of sp³-hybridized carbons (Fsp3) is 0.381. The number of amides is 1. The van der Waals surface area contributed by atoms with Crippen molar-refractivity contribution in [2.24, 2.45) is 5.92 Å². The van der Waals surface area contributed by atoms with Gasteiger partial charge in [-0.05, 0) is 54.5 Å². The Morgan fingerprint density at radius 1 is 1.08 bits per heavy atom. The predicted octanol–water partition coefficient (Wildman–Crippen LogP) is 3.80. The summed E-state index contributed by atoms with van der Waals surface area (Å²) >= 11 is 0. The van der Waals surface area contributed by atoms with Gasteiger partial charge in [-0.25, -0.2) is 0 Å². The lowest BCUT2D eigenvalue weighted by atomic mass is 9.86. The van der Waals surface area contributed by atoms with Gasteiger partial charge in [-0.2, -0.15) is 0 Å². The van der Waals surface area contributed by atoms with Crippen LogP contribution in [0.25, 0.3) is 21.7 Å². The van der Waals surface area contributed by atoms with Crippen molar-refractivity contribution >= 4 is 27.6 Å². The number of benzene rings is 2. The Morgan fingerprint density at radius 3 is 2.68 bits per heavy atom. The molecule has 0 unspecified atom stereocenters. The van der Waals surface area contributed by atoms with Crippen molar-refractivity contribution in [3.05, 3.63) is 48.2 Å². The molecule has 1 aromatic heterocycles. The highest BCUT2D eigenvalue weighted by Gasteiger charge is 2.22. The van der Waals surface area contributed by atoms with Crippen LogP contribution in [0.3, 0.4) is 0 Å². The third kappa shape index (κ3) is 3.40. The van der Waals surface area contributed by atoms with Crippen molar-refractivity contribution in [1.82, 2.24) is 5.32 Å². The average Bonchev–Trinajstić information content (AvgIpc) is 3.05. The van der Waals surface area contributed by atoms with Crippen LogP contribution < -0.4 is 5.32 Å². The zero-order valence-electron chi connectivity index (χ0n) is 14.2. The van der Waals surface area contributed by atoms with Crippen LogP contribution >= 0.6 is 0 Å². The van der Waals surface area contributed by atoms with E-state index < -0.39 is 0 Å². The Hall–Kier alpha value is -2.33. The van der Waals surface area contributed by atoms with Gasteiger partial charge >= 0.3 is 0 Å². The lowest BCUT2D eigenvalue weighted by molar-refractivity contribution is -0.121. The number of hydrogen-bond acceptors (Lipinski definition) is 3. The largest absolute Gasteiger partial charge is 0.461 e. The summed E-state index contributed by atoms with van der Waals surface area (Å²) in [6, 6.07) is 14.4. The van der Waals surface area contributed by atoms with E-state index in [0.29, 0.717) is 11.7 Å². The van der Waals surface area contributed by atoms with Crippen LogP contribution in [0.5, 0.6) is 0 Å². The van der Waals surface area contributed by atoms with Gasteiger partial charge in [-0.15, -0.1) is 0 Å². The number of rotatable bonds is 4. The fourth-order valence-electron chi connectivity index (χ4n) is 3.86. The Balaban J connectivity index is 1.45. The third-order valence-electron chi connectivity index (χ3n) is 5.28. The lowest BCUT2D eigenvalue weighted by Gasteiger charge is -2.27. The second-order valence-electron chi connectivity index (χ2n) is 7.06. The molecule has 4 nitrogen and oxygen atoms in total. The summed E-state index contributed by atoms with van der Waals surface area (Å²) in [6.45, 7) is 0.258.